The lowest BCUT2D eigenvalue weighted by atomic mass is 9.97. The molecule has 0 spiro atoms. The molecule has 2 aliphatic rings. The standard InChI is InChI=1S/C31H40O15/c1-15-24(36)25(37)26(38)31(43-15)46-29-27(39)30(42-11-10-17-5-8-19(34)21(13-17)41-3)44-22(14-32)28(29)45-23(35)9-6-16-4-7-18(33)20(12-16)40-2/h4-9,12-13,15,22,24-34,36-39H,10-11,14H2,1-3H3/b9-6+/t15-,22-,24-,25-,26-,27-,28-,29-,30-,31+/m1/s1. The molecule has 4 rings (SSSR count). The van der Waals surface area contributed by atoms with Gasteiger partial charge in [-0.25, -0.2) is 4.79 Å². The van der Waals surface area contributed by atoms with E-state index in [2.05, 4.69) is 0 Å². The Balaban J connectivity index is 1.52. The fourth-order valence-corrected chi connectivity index (χ4v) is 5.06. The molecule has 7 N–H and O–H groups in total. The minimum Gasteiger partial charge on any atom is -0.504 e. The predicted octanol–water partition coefficient (Wildman–Crippen LogP) is -0.410. The maximum absolute atomic E-state index is 12.9. The van der Waals surface area contributed by atoms with Gasteiger partial charge in [0.25, 0.3) is 0 Å². The molecule has 0 radical (unpaired) electrons. The molecule has 254 valence electrons. The quantitative estimate of drug-likeness (QED) is 0.114. The minimum atomic E-state index is -1.75. The summed E-state index contributed by atoms with van der Waals surface area (Å²) in [6.07, 6.45) is -12.0. The van der Waals surface area contributed by atoms with E-state index in [1.54, 1.807) is 12.1 Å². The molecule has 2 saturated heterocycles. The molecule has 2 aromatic rings. The van der Waals surface area contributed by atoms with E-state index in [-0.39, 0.29) is 29.6 Å². The average molecular weight is 653 g/mol. The van der Waals surface area contributed by atoms with Crippen molar-refractivity contribution in [3.05, 3.63) is 53.6 Å². The monoisotopic (exact) mass is 652 g/mol. The highest BCUT2D eigenvalue weighted by Crippen LogP contribution is 2.32. The Morgan fingerprint density at radius 1 is 0.848 bits per heavy atom. The van der Waals surface area contributed by atoms with Crippen LogP contribution in [-0.4, -0.2) is 131 Å². The predicted molar refractivity (Wildman–Crippen MR) is 157 cm³/mol. The van der Waals surface area contributed by atoms with E-state index >= 15 is 0 Å². The molecule has 0 amide bonds. The maximum Gasteiger partial charge on any atom is 0.331 e. The average Bonchev–Trinajstić information content (AvgIpc) is 3.05. The molecule has 2 heterocycles. The summed E-state index contributed by atoms with van der Waals surface area (Å²) >= 11 is 0. The SMILES string of the molecule is COc1cc(/C=C/C(=O)O[C@H]2[C@H](O[C@@H]3O[C@H](C)[C@@H](O)[C@@H](O)[C@H]3O)[C@@H](O)[C@H](OCCc3ccc(O)c(OC)c3)O[C@@H]2CO)ccc1O. The Kier molecular flexibility index (Phi) is 12.2. The molecule has 0 aliphatic carbocycles. The van der Waals surface area contributed by atoms with Crippen LogP contribution in [0, 0.1) is 0 Å². The van der Waals surface area contributed by atoms with Crippen LogP contribution in [0.1, 0.15) is 18.1 Å². The summed E-state index contributed by atoms with van der Waals surface area (Å²) in [4.78, 5) is 12.9. The van der Waals surface area contributed by atoms with Crippen molar-refractivity contribution in [1.82, 2.24) is 0 Å². The van der Waals surface area contributed by atoms with E-state index < -0.39 is 74.0 Å². The number of carbonyl (C=O) groups is 1. The van der Waals surface area contributed by atoms with Gasteiger partial charge >= 0.3 is 5.97 Å². The number of hydrogen-bond donors (Lipinski definition) is 7. The third-order valence-electron chi connectivity index (χ3n) is 7.68. The van der Waals surface area contributed by atoms with Crippen LogP contribution in [0.2, 0.25) is 0 Å². The Hall–Kier alpha value is -3.51. The van der Waals surface area contributed by atoms with E-state index in [9.17, 15) is 40.5 Å². The highest BCUT2D eigenvalue weighted by Gasteiger charge is 2.52. The molecule has 2 aromatic carbocycles. The van der Waals surface area contributed by atoms with E-state index in [0.29, 0.717) is 12.0 Å². The first-order valence-electron chi connectivity index (χ1n) is 14.5. The van der Waals surface area contributed by atoms with Crippen LogP contribution in [-0.2, 0) is 34.9 Å². The van der Waals surface area contributed by atoms with E-state index in [1.807, 2.05) is 0 Å². The number of hydrogen-bond acceptors (Lipinski definition) is 15. The zero-order valence-corrected chi connectivity index (χ0v) is 25.4. The summed E-state index contributed by atoms with van der Waals surface area (Å²) in [5.74, 6) is -0.622. The van der Waals surface area contributed by atoms with Gasteiger partial charge in [0.1, 0.15) is 36.6 Å². The molecule has 2 aliphatic heterocycles. The van der Waals surface area contributed by atoms with Crippen molar-refractivity contribution in [1.29, 1.82) is 0 Å². The molecular formula is C31H40O15. The topological polar surface area (TPSA) is 223 Å². The third kappa shape index (κ3) is 8.25. The molecule has 15 nitrogen and oxygen atoms in total. The summed E-state index contributed by atoms with van der Waals surface area (Å²) in [6, 6.07) is 9.10. The summed E-state index contributed by atoms with van der Waals surface area (Å²) in [5, 5.41) is 72.1. The van der Waals surface area contributed by atoms with E-state index in [1.165, 1.54) is 51.5 Å². The van der Waals surface area contributed by atoms with Crippen LogP contribution in [0.25, 0.3) is 6.08 Å². The number of methoxy groups -OCH3 is 2. The second kappa shape index (κ2) is 15.9. The first-order chi connectivity index (χ1) is 22.0. The first kappa shape index (κ1) is 35.3. The van der Waals surface area contributed by atoms with Gasteiger partial charge in [0.15, 0.2) is 41.7 Å². The van der Waals surface area contributed by atoms with Crippen LogP contribution >= 0.6 is 0 Å². The number of aromatic hydroxyl groups is 2. The highest BCUT2D eigenvalue weighted by atomic mass is 16.7. The lowest BCUT2D eigenvalue weighted by Gasteiger charge is -2.46. The van der Waals surface area contributed by atoms with E-state index in [4.69, 9.17) is 33.2 Å². The van der Waals surface area contributed by atoms with Crippen molar-refractivity contribution in [2.24, 2.45) is 0 Å². The number of phenols is 2. The number of phenolic OH excluding ortho intramolecular Hbond substituents is 2. The number of benzene rings is 2. The van der Waals surface area contributed by atoms with Crippen molar-refractivity contribution in [2.75, 3.05) is 27.4 Å². The molecule has 0 bridgehead atoms. The zero-order chi connectivity index (χ0) is 33.5. The van der Waals surface area contributed by atoms with Crippen LogP contribution in [0.3, 0.4) is 0 Å². The van der Waals surface area contributed by atoms with Gasteiger partial charge in [-0.15, -0.1) is 0 Å². The van der Waals surface area contributed by atoms with Gasteiger partial charge in [0.05, 0.1) is 33.5 Å². The number of aliphatic hydroxyl groups excluding tert-OH is 5. The van der Waals surface area contributed by atoms with Gasteiger partial charge in [-0.3, -0.25) is 0 Å². The second-order valence-corrected chi connectivity index (χ2v) is 10.8. The van der Waals surface area contributed by atoms with Crippen LogP contribution in [0.15, 0.2) is 42.5 Å². The van der Waals surface area contributed by atoms with Crippen molar-refractivity contribution < 1.29 is 73.7 Å². The van der Waals surface area contributed by atoms with Crippen molar-refractivity contribution in [3.8, 4) is 23.0 Å². The smallest absolute Gasteiger partial charge is 0.331 e. The van der Waals surface area contributed by atoms with Crippen LogP contribution < -0.4 is 9.47 Å². The Morgan fingerprint density at radius 2 is 1.52 bits per heavy atom. The third-order valence-corrected chi connectivity index (χ3v) is 7.68. The zero-order valence-electron chi connectivity index (χ0n) is 25.4. The normalized spacial score (nSPS) is 31.5. The Labute approximate surface area is 264 Å². The van der Waals surface area contributed by atoms with Crippen molar-refractivity contribution >= 4 is 12.0 Å². The number of aliphatic hydroxyl groups is 5. The molecule has 46 heavy (non-hydrogen) atoms. The molecule has 10 atom stereocenters. The Bertz CT molecular complexity index is 1340. The number of carbonyl (C=O) groups excluding carboxylic acids is 1. The van der Waals surface area contributed by atoms with Gasteiger partial charge in [-0.2, -0.15) is 0 Å². The van der Waals surface area contributed by atoms with Crippen molar-refractivity contribution in [2.45, 2.75) is 74.8 Å². The molecule has 15 heteroatoms. The molecule has 2 fully saturated rings. The maximum atomic E-state index is 12.9. The minimum absolute atomic E-state index is 0.00565. The second-order valence-electron chi connectivity index (χ2n) is 10.8. The molecule has 0 aromatic heterocycles. The highest BCUT2D eigenvalue weighted by molar-refractivity contribution is 5.87. The van der Waals surface area contributed by atoms with Crippen LogP contribution in [0.5, 0.6) is 23.0 Å². The van der Waals surface area contributed by atoms with Crippen molar-refractivity contribution in [3.63, 3.8) is 0 Å². The largest absolute Gasteiger partial charge is 0.504 e. The number of esters is 1. The van der Waals surface area contributed by atoms with Gasteiger partial charge < -0.3 is 68.9 Å². The van der Waals surface area contributed by atoms with Gasteiger partial charge in [0.2, 0.25) is 0 Å². The molecular weight excluding hydrogens is 612 g/mol. The van der Waals surface area contributed by atoms with E-state index in [0.717, 1.165) is 11.6 Å². The molecule has 0 unspecified atom stereocenters. The lowest BCUT2D eigenvalue weighted by Crippen LogP contribution is -2.65. The fourth-order valence-electron chi connectivity index (χ4n) is 5.06. The summed E-state index contributed by atoms with van der Waals surface area (Å²) in [5.41, 5.74) is 1.22. The summed E-state index contributed by atoms with van der Waals surface area (Å²) < 4.78 is 38.7. The number of ether oxygens (including phenoxy) is 7. The summed E-state index contributed by atoms with van der Waals surface area (Å²) in [6.45, 7) is 0.733. The lowest BCUT2D eigenvalue weighted by molar-refractivity contribution is -0.357. The Morgan fingerprint density at radius 3 is 2.20 bits per heavy atom. The van der Waals surface area contributed by atoms with Crippen LogP contribution in [0.4, 0.5) is 0 Å². The molecule has 0 saturated carbocycles. The summed E-state index contributed by atoms with van der Waals surface area (Å²) in [7, 11) is 2.78. The fraction of sp³-hybridized carbons (Fsp3) is 0.516. The van der Waals surface area contributed by atoms with Gasteiger partial charge in [-0.1, -0.05) is 12.1 Å². The first-order valence-corrected chi connectivity index (χ1v) is 14.5. The number of rotatable bonds is 12. The van der Waals surface area contributed by atoms with Gasteiger partial charge in [-0.05, 0) is 54.8 Å². The van der Waals surface area contributed by atoms with Gasteiger partial charge in [0, 0.05) is 6.08 Å².